The maximum atomic E-state index is 12.3. The van der Waals surface area contributed by atoms with Crippen molar-refractivity contribution in [3.8, 4) is 5.75 Å². The van der Waals surface area contributed by atoms with E-state index in [9.17, 15) is 14.4 Å². The fourth-order valence-corrected chi connectivity index (χ4v) is 2.86. The summed E-state index contributed by atoms with van der Waals surface area (Å²) in [5.41, 5.74) is 0. The molecule has 0 bridgehead atoms. The molecule has 1 heterocycles. The van der Waals surface area contributed by atoms with E-state index >= 15 is 0 Å². The van der Waals surface area contributed by atoms with Crippen molar-refractivity contribution in [2.45, 2.75) is 12.8 Å². The fraction of sp³-hybridized carbons (Fsp3) is 0.471. The number of carboxylic acids is 1. The van der Waals surface area contributed by atoms with Gasteiger partial charge in [0.15, 0.2) is 0 Å². The molecule has 1 aliphatic heterocycles. The number of benzene rings is 1. The van der Waals surface area contributed by atoms with Crippen LogP contribution in [0, 0.1) is 5.92 Å². The Balaban J connectivity index is 1.80. The monoisotopic (exact) mass is 368 g/mol. The number of hydrogen-bond acceptors (Lipinski definition) is 4. The molecular weight excluding hydrogens is 348 g/mol. The highest BCUT2D eigenvalue weighted by Gasteiger charge is 2.35. The summed E-state index contributed by atoms with van der Waals surface area (Å²) in [5, 5.41) is 9.18. The van der Waals surface area contributed by atoms with E-state index in [1.807, 2.05) is 6.07 Å². The maximum absolute atomic E-state index is 12.3. The van der Waals surface area contributed by atoms with Gasteiger partial charge in [-0.05, 0) is 12.1 Å². The van der Waals surface area contributed by atoms with Crippen LogP contribution in [0.15, 0.2) is 24.3 Å². The fourth-order valence-electron chi connectivity index (χ4n) is 2.67. The molecule has 2 rings (SSSR count). The first kappa shape index (κ1) is 19.1. The highest BCUT2D eigenvalue weighted by Crippen LogP contribution is 2.24. The normalized spacial score (nSPS) is 16.8. The predicted octanol–water partition coefficient (Wildman–Crippen LogP) is 1.50. The number of rotatable bonds is 8. The molecule has 1 atom stereocenters. The molecule has 1 saturated heterocycles. The maximum Gasteiger partial charge on any atom is 0.305 e. The van der Waals surface area contributed by atoms with Crippen molar-refractivity contribution in [2.24, 2.45) is 5.92 Å². The molecule has 1 aromatic carbocycles. The molecule has 0 aliphatic carbocycles. The summed E-state index contributed by atoms with van der Waals surface area (Å²) in [7, 11) is 1.55. The van der Waals surface area contributed by atoms with Crippen LogP contribution in [0.1, 0.15) is 12.8 Å². The van der Waals surface area contributed by atoms with Gasteiger partial charge in [-0.2, -0.15) is 0 Å². The first-order valence-corrected chi connectivity index (χ1v) is 8.38. The van der Waals surface area contributed by atoms with Crippen LogP contribution in [-0.4, -0.2) is 66.0 Å². The molecule has 136 valence electrons. The topological polar surface area (TPSA) is 87.2 Å². The molecule has 1 aliphatic rings. The largest absolute Gasteiger partial charge is 0.490 e. The highest BCUT2D eigenvalue weighted by atomic mass is 35.5. The predicted molar refractivity (Wildman–Crippen MR) is 91.5 cm³/mol. The van der Waals surface area contributed by atoms with E-state index in [0.717, 1.165) is 0 Å². The number of nitrogens with zero attached hydrogens (tertiary/aromatic N) is 2. The zero-order valence-electron chi connectivity index (χ0n) is 14.0. The van der Waals surface area contributed by atoms with E-state index in [0.29, 0.717) is 23.9 Å². The lowest BCUT2D eigenvalue weighted by Gasteiger charge is -2.21. The zero-order valence-corrected chi connectivity index (χ0v) is 14.7. The molecule has 0 saturated carbocycles. The molecule has 1 aromatic rings. The number of ether oxygens (including phenoxy) is 1. The van der Waals surface area contributed by atoms with Gasteiger partial charge in [-0.15, -0.1) is 0 Å². The number of para-hydroxylation sites is 1. The van der Waals surface area contributed by atoms with Gasteiger partial charge >= 0.3 is 5.97 Å². The van der Waals surface area contributed by atoms with E-state index < -0.39 is 11.9 Å². The van der Waals surface area contributed by atoms with Crippen LogP contribution in [0.4, 0.5) is 0 Å². The molecule has 1 N–H and O–H groups in total. The van der Waals surface area contributed by atoms with Crippen molar-refractivity contribution < 1.29 is 24.2 Å². The van der Waals surface area contributed by atoms with Crippen LogP contribution in [0.2, 0.25) is 5.02 Å². The first-order valence-electron chi connectivity index (χ1n) is 8.00. The Kier molecular flexibility index (Phi) is 6.64. The summed E-state index contributed by atoms with van der Waals surface area (Å²) in [6.45, 7) is 1.10. The quantitative estimate of drug-likeness (QED) is 0.751. The van der Waals surface area contributed by atoms with E-state index in [2.05, 4.69) is 0 Å². The van der Waals surface area contributed by atoms with Crippen molar-refractivity contribution in [1.82, 2.24) is 9.80 Å². The van der Waals surface area contributed by atoms with Crippen LogP contribution in [0.5, 0.6) is 5.75 Å². The number of hydrogen-bond donors (Lipinski definition) is 1. The minimum absolute atomic E-state index is 0.104. The standard InChI is InChI=1S/C17H21ClN2O5/c1-19(7-6-16(22)23)17(24)12-10-15(21)20(11-12)8-9-25-14-5-3-2-4-13(14)18/h2-5,12H,6-11H2,1H3,(H,22,23). The van der Waals surface area contributed by atoms with Gasteiger partial charge in [0.25, 0.3) is 0 Å². The molecule has 2 amide bonds. The molecule has 8 heteroatoms. The Morgan fingerprint density at radius 1 is 1.40 bits per heavy atom. The summed E-state index contributed by atoms with van der Waals surface area (Å²) in [6, 6.07) is 7.08. The molecular formula is C17H21ClN2O5. The molecule has 0 radical (unpaired) electrons. The Morgan fingerprint density at radius 3 is 2.80 bits per heavy atom. The van der Waals surface area contributed by atoms with Crippen molar-refractivity contribution >= 4 is 29.4 Å². The number of amides is 2. The third-order valence-corrected chi connectivity index (χ3v) is 4.37. The minimum Gasteiger partial charge on any atom is -0.490 e. The number of carbonyl (C=O) groups excluding carboxylic acids is 2. The lowest BCUT2D eigenvalue weighted by atomic mass is 10.1. The molecule has 25 heavy (non-hydrogen) atoms. The summed E-state index contributed by atoms with van der Waals surface area (Å²) in [6.07, 6.45) is 0.0284. The molecule has 7 nitrogen and oxygen atoms in total. The lowest BCUT2D eigenvalue weighted by molar-refractivity contribution is -0.139. The summed E-state index contributed by atoms with van der Waals surface area (Å²) in [4.78, 5) is 37.9. The Bertz CT molecular complexity index is 652. The van der Waals surface area contributed by atoms with Gasteiger partial charge in [-0.3, -0.25) is 14.4 Å². The van der Waals surface area contributed by atoms with E-state index in [1.54, 1.807) is 30.1 Å². The lowest BCUT2D eigenvalue weighted by Crippen LogP contribution is -2.36. The molecule has 1 unspecified atom stereocenters. The Hall–Kier alpha value is -2.28. The highest BCUT2D eigenvalue weighted by molar-refractivity contribution is 6.32. The van der Waals surface area contributed by atoms with Crippen LogP contribution in [0.25, 0.3) is 0 Å². The third-order valence-electron chi connectivity index (χ3n) is 4.06. The zero-order chi connectivity index (χ0) is 18.4. The van der Waals surface area contributed by atoms with Gasteiger partial charge in [0, 0.05) is 26.6 Å². The minimum atomic E-state index is -0.958. The number of aliphatic carboxylic acids is 1. The molecule has 0 aromatic heterocycles. The van der Waals surface area contributed by atoms with Crippen molar-refractivity contribution in [3.05, 3.63) is 29.3 Å². The van der Waals surface area contributed by atoms with Crippen LogP contribution in [-0.2, 0) is 14.4 Å². The summed E-state index contributed by atoms with van der Waals surface area (Å²) < 4.78 is 5.57. The SMILES string of the molecule is CN(CCC(=O)O)C(=O)C1CC(=O)N(CCOc2ccccc2Cl)C1. The van der Waals surface area contributed by atoms with Crippen molar-refractivity contribution in [1.29, 1.82) is 0 Å². The smallest absolute Gasteiger partial charge is 0.305 e. The number of halogens is 1. The number of carboxylic acid groups (broad SMARTS) is 1. The Labute approximate surface area is 151 Å². The van der Waals surface area contributed by atoms with E-state index in [1.165, 1.54) is 4.90 Å². The summed E-state index contributed by atoms with van der Waals surface area (Å²) >= 11 is 6.00. The van der Waals surface area contributed by atoms with Gasteiger partial charge < -0.3 is 19.6 Å². The Morgan fingerprint density at radius 2 is 2.12 bits per heavy atom. The second kappa shape index (κ2) is 8.71. The van der Waals surface area contributed by atoms with Gasteiger partial charge in [-0.25, -0.2) is 0 Å². The second-order valence-corrected chi connectivity index (χ2v) is 6.33. The van der Waals surface area contributed by atoms with Crippen LogP contribution < -0.4 is 4.74 Å². The second-order valence-electron chi connectivity index (χ2n) is 5.92. The van der Waals surface area contributed by atoms with Gasteiger partial charge in [0.1, 0.15) is 12.4 Å². The average molecular weight is 369 g/mol. The number of carbonyl (C=O) groups is 3. The molecule has 1 fully saturated rings. The first-order chi connectivity index (χ1) is 11.9. The van der Waals surface area contributed by atoms with Gasteiger partial charge in [-0.1, -0.05) is 23.7 Å². The number of likely N-dealkylation sites (tertiary alicyclic amines) is 1. The van der Waals surface area contributed by atoms with Gasteiger partial charge in [0.05, 0.1) is 23.9 Å². The van der Waals surface area contributed by atoms with E-state index in [-0.39, 0.29) is 37.8 Å². The molecule has 0 spiro atoms. The van der Waals surface area contributed by atoms with E-state index in [4.69, 9.17) is 21.4 Å². The average Bonchev–Trinajstić information content (AvgIpc) is 2.94. The van der Waals surface area contributed by atoms with Crippen LogP contribution >= 0.6 is 11.6 Å². The van der Waals surface area contributed by atoms with Gasteiger partial charge in [0.2, 0.25) is 11.8 Å². The summed E-state index contributed by atoms with van der Waals surface area (Å²) in [5.74, 6) is -1.15. The third kappa shape index (κ3) is 5.35. The van der Waals surface area contributed by atoms with Crippen LogP contribution in [0.3, 0.4) is 0 Å². The van der Waals surface area contributed by atoms with Crippen molar-refractivity contribution in [3.63, 3.8) is 0 Å². The van der Waals surface area contributed by atoms with Crippen molar-refractivity contribution in [2.75, 3.05) is 33.3 Å².